The quantitative estimate of drug-likeness (QED) is 0.536. The monoisotopic (exact) mass is 233 g/mol. The highest BCUT2D eigenvalue weighted by molar-refractivity contribution is 5.51. The maximum absolute atomic E-state index is 5.48. The van der Waals surface area contributed by atoms with Crippen LogP contribution in [0, 0.1) is 0 Å². The Balaban J connectivity index is 1.96. The van der Waals surface area contributed by atoms with Gasteiger partial charge in [-0.1, -0.05) is 6.92 Å². The molecular weight excluding hydrogens is 218 g/mol. The lowest BCUT2D eigenvalue weighted by molar-refractivity contribution is 0.466. The first kappa shape index (κ1) is 11.4. The van der Waals surface area contributed by atoms with Gasteiger partial charge in [0.2, 0.25) is 5.89 Å². The second-order valence-corrected chi connectivity index (χ2v) is 3.50. The van der Waals surface area contributed by atoms with Crippen LogP contribution in [0.1, 0.15) is 18.6 Å². The minimum Gasteiger partial charge on any atom is -0.444 e. The van der Waals surface area contributed by atoms with E-state index in [9.17, 15) is 0 Å². The van der Waals surface area contributed by atoms with Crippen LogP contribution in [0.5, 0.6) is 0 Å². The van der Waals surface area contributed by atoms with E-state index in [1.807, 2.05) is 19.1 Å². The Morgan fingerprint density at radius 3 is 3.00 bits per heavy atom. The van der Waals surface area contributed by atoms with E-state index >= 15 is 0 Å². The van der Waals surface area contributed by atoms with Gasteiger partial charge in [0.1, 0.15) is 11.6 Å². The topological polar surface area (TPSA) is 89.0 Å². The molecule has 6 nitrogen and oxygen atoms in total. The number of pyridine rings is 1. The summed E-state index contributed by atoms with van der Waals surface area (Å²) in [5.74, 6) is 7.44. The van der Waals surface area contributed by atoms with Gasteiger partial charge in [-0.15, -0.1) is 0 Å². The zero-order valence-electron chi connectivity index (χ0n) is 9.60. The Kier molecular flexibility index (Phi) is 3.56. The number of nitrogens with one attached hydrogen (secondary N) is 2. The molecule has 2 aromatic heterocycles. The highest BCUT2D eigenvalue weighted by Crippen LogP contribution is 2.12. The number of aryl methyl sites for hydroxylation is 1. The van der Waals surface area contributed by atoms with Crippen molar-refractivity contribution in [3.63, 3.8) is 0 Å². The van der Waals surface area contributed by atoms with Crippen molar-refractivity contribution in [3.05, 3.63) is 36.2 Å². The lowest BCUT2D eigenvalue weighted by Gasteiger charge is -2.05. The molecule has 2 aromatic rings. The van der Waals surface area contributed by atoms with Crippen molar-refractivity contribution >= 4 is 11.5 Å². The molecule has 4 N–H and O–H groups in total. The van der Waals surface area contributed by atoms with Gasteiger partial charge in [0.05, 0.1) is 12.7 Å². The predicted molar refractivity (Wildman–Crippen MR) is 65.3 cm³/mol. The van der Waals surface area contributed by atoms with Gasteiger partial charge < -0.3 is 15.2 Å². The lowest BCUT2D eigenvalue weighted by Crippen LogP contribution is -2.09. The Labute approximate surface area is 99.2 Å². The highest BCUT2D eigenvalue weighted by Gasteiger charge is 2.02. The summed E-state index contributed by atoms with van der Waals surface area (Å²) < 4.78 is 5.48. The molecule has 2 rings (SSSR count). The fourth-order valence-electron chi connectivity index (χ4n) is 1.39. The maximum Gasteiger partial charge on any atom is 0.213 e. The zero-order chi connectivity index (χ0) is 12.1. The van der Waals surface area contributed by atoms with Gasteiger partial charge >= 0.3 is 0 Å². The number of nitrogens with two attached hydrogens (primary N) is 1. The molecule has 90 valence electrons. The summed E-state index contributed by atoms with van der Waals surface area (Å²) in [5.41, 5.74) is 3.40. The summed E-state index contributed by atoms with van der Waals surface area (Å²) >= 11 is 0. The molecule has 0 fully saturated rings. The molecule has 0 saturated carbocycles. The molecule has 0 aliphatic heterocycles. The molecule has 6 heteroatoms. The summed E-state index contributed by atoms with van der Waals surface area (Å²) in [6.07, 6.45) is 4.27. The molecule has 17 heavy (non-hydrogen) atoms. The van der Waals surface area contributed by atoms with Gasteiger partial charge in [0.25, 0.3) is 0 Å². The van der Waals surface area contributed by atoms with Crippen LogP contribution < -0.4 is 16.6 Å². The largest absolute Gasteiger partial charge is 0.444 e. The number of aromatic nitrogens is 2. The fraction of sp³-hybridized carbons (Fsp3) is 0.273. The number of rotatable bonds is 5. The van der Waals surface area contributed by atoms with Crippen LogP contribution in [-0.2, 0) is 13.0 Å². The third-order valence-corrected chi connectivity index (χ3v) is 2.30. The summed E-state index contributed by atoms with van der Waals surface area (Å²) in [6, 6.07) is 3.66. The molecule has 0 aliphatic rings. The molecule has 0 aliphatic carbocycles. The zero-order valence-corrected chi connectivity index (χ0v) is 9.60. The molecule has 0 spiro atoms. The number of hydrazine groups is 1. The SMILES string of the molecule is CCc1cnc(CNc2ccnc(NN)c2)o1. The minimum absolute atomic E-state index is 0.536. The van der Waals surface area contributed by atoms with Gasteiger partial charge in [-0.3, -0.25) is 0 Å². The summed E-state index contributed by atoms with van der Waals surface area (Å²) in [7, 11) is 0. The summed E-state index contributed by atoms with van der Waals surface area (Å²) in [4.78, 5) is 8.17. The third-order valence-electron chi connectivity index (χ3n) is 2.30. The Morgan fingerprint density at radius 1 is 1.41 bits per heavy atom. The summed E-state index contributed by atoms with van der Waals surface area (Å²) in [6.45, 7) is 2.56. The average molecular weight is 233 g/mol. The maximum atomic E-state index is 5.48. The third kappa shape index (κ3) is 2.94. The Hall–Kier alpha value is -2.08. The van der Waals surface area contributed by atoms with Gasteiger partial charge in [0.15, 0.2) is 0 Å². The molecule has 0 aromatic carbocycles. The van der Waals surface area contributed by atoms with Crippen molar-refractivity contribution in [2.75, 3.05) is 10.7 Å². The van der Waals surface area contributed by atoms with E-state index in [-0.39, 0.29) is 0 Å². The fourth-order valence-corrected chi connectivity index (χ4v) is 1.39. The Morgan fingerprint density at radius 2 is 2.29 bits per heavy atom. The van der Waals surface area contributed by atoms with E-state index in [2.05, 4.69) is 20.7 Å². The van der Waals surface area contributed by atoms with Gasteiger partial charge in [-0.05, 0) is 6.07 Å². The molecule has 0 amide bonds. The first-order valence-electron chi connectivity index (χ1n) is 5.42. The van der Waals surface area contributed by atoms with Crippen molar-refractivity contribution < 1.29 is 4.42 Å². The predicted octanol–water partition coefficient (Wildman–Crippen LogP) is 1.53. The summed E-state index contributed by atoms with van der Waals surface area (Å²) in [5, 5.41) is 3.18. The molecule has 0 radical (unpaired) electrons. The minimum atomic E-state index is 0.536. The van der Waals surface area contributed by atoms with E-state index in [1.54, 1.807) is 12.4 Å². The van der Waals surface area contributed by atoms with Crippen molar-refractivity contribution in [2.24, 2.45) is 5.84 Å². The molecule has 0 unspecified atom stereocenters. The van der Waals surface area contributed by atoms with E-state index in [1.165, 1.54) is 0 Å². The van der Waals surface area contributed by atoms with E-state index in [0.717, 1.165) is 17.9 Å². The molecule has 0 atom stereocenters. The van der Waals surface area contributed by atoms with Crippen molar-refractivity contribution in [2.45, 2.75) is 19.9 Å². The van der Waals surface area contributed by atoms with Crippen LogP contribution in [0.15, 0.2) is 28.9 Å². The number of nitrogens with zero attached hydrogens (tertiary/aromatic N) is 2. The second kappa shape index (κ2) is 5.31. The van der Waals surface area contributed by atoms with Gasteiger partial charge in [0, 0.05) is 24.4 Å². The van der Waals surface area contributed by atoms with Crippen LogP contribution in [0.2, 0.25) is 0 Å². The van der Waals surface area contributed by atoms with Crippen LogP contribution >= 0.6 is 0 Å². The number of nitrogen functional groups attached to an aromatic ring is 1. The molecular formula is C11H15N5O. The number of hydrogen-bond acceptors (Lipinski definition) is 6. The van der Waals surface area contributed by atoms with Crippen molar-refractivity contribution in [1.29, 1.82) is 0 Å². The van der Waals surface area contributed by atoms with Crippen molar-refractivity contribution in [3.8, 4) is 0 Å². The second-order valence-electron chi connectivity index (χ2n) is 3.50. The van der Waals surface area contributed by atoms with Crippen molar-refractivity contribution in [1.82, 2.24) is 9.97 Å². The average Bonchev–Trinajstić information content (AvgIpc) is 2.84. The molecule has 0 saturated heterocycles. The normalized spacial score (nSPS) is 10.2. The number of anilines is 2. The first-order chi connectivity index (χ1) is 8.31. The molecule has 0 bridgehead atoms. The number of oxazole rings is 1. The van der Waals surface area contributed by atoms with Crippen LogP contribution in [-0.4, -0.2) is 9.97 Å². The number of hydrogen-bond donors (Lipinski definition) is 3. The van der Waals surface area contributed by atoms with E-state index in [4.69, 9.17) is 10.3 Å². The molecule has 2 heterocycles. The van der Waals surface area contributed by atoms with Crippen LogP contribution in [0.25, 0.3) is 0 Å². The van der Waals surface area contributed by atoms with Crippen LogP contribution in [0.3, 0.4) is 0 Å². The van der Waals surface area contributed by atoms with Crippen LogP contribution in [0.4, 0.5) is 11.5 Å². The van der Waals surface area contributed by atoms with E-state index < -0.39 is 0 Å². The van der Waals surface area contributed by atoms with Gasteiger partial charge in [-0.2, -0.15) is 0 Å². The first-order valence-corrected chi connectivity index (χ1v) is 5.42. The Bertz CT molecular complexity index is 482. The van der Waals surface area contributed by atoms with Gasteiger partial charge in [-0.25, -0.2) is 15.8 Å². The standard InChI is InChI=1S/C11H15N5O/c1-2-9-6-15-11(17-9)7-14-8-3-4-13-10(5-8)16-12/h3-6H,2,7,12H2,1H3,(H2,13,14,16). The van der Waals surface area contributed by atoms with E-state index in [0.29, 0.717) is 18.3 Å². The smallest absolute Gasteiger partial charge is 0.213 e. The highest BCUT2D eigenvalue weighted by atomic mass is 16.4. The lowest BCUT2D eigenvalue weighted by atomic mass is 10.4.